The molecule has 1 aromatic heterocycles. The number of unbranched alkanes of at least 4 members (excludes halogenated alkanes) is 1. The highest BCUT2D eigenvalue weighted by Gasteiger charge is 2.34. The van der Waals surface area contributed by atoms with E-state index in [1.165, 1.54) is 0 Å². The summed E-state index contributed by atoms with van der Waals surface area (Å²) in [6.45, 7) is 9.50. The first-order valence-electron chi connectivity index (χ1n) is 11.8. The fourth-order valence-electron chi connectivity index (χ4n) is 4.06. The van der Waals surface area contributed by atoms with Crippen LogP contribution in [0.25, 0.3) is 11.4 Å². The van der Waals surface area contributed by atoms with Crippen LogP contribution in [0.4, 0.5) is 0 Å². The van der Waals surface area contributed by atoms with Gasteiger partial charge in [0, 0.05) is 30.1 Å². The Kier molecular flexibility index (Phi) is 8.51. The van der Waals surface area contributed by atoms with Crippen LogP contribution in [0, 0.1) is 5.41 Å². The maximum atomic E-state index is 13.4. The van der Waals surface area contributed by atoms with Gasteiger partial charge in [0.1, 0.15) is 6.04 Å². The normalized spacial score (nSPS) is 16.6. The Morgan fingerprint density at radius 3 is 2.76 bits per heavy atom. The molecule has 7 nitrogen and oxygen atoms in total. The summed E-state index contributed by atoms with van der Waals surface area (Å²) in [5.41, 5.74) is 0.642. The van der Waals surface area contributed by atoms with Crippen LogP contribution in [-0.4, -0.2) is 51.4 Å². The van der Waals surface area contributed by atoms with Crippen LogP contribution >= 0.6 is 11.6 Å². The number of carbonyl (C=O) groups excluding carboxylic acids is 2. The zero-order valence-corrected chi connectivity index (χ0v) is 20.9. The van der Waals surface area contributed by atoms with Crippen molar-refractivity contribution >= 4 is 23.4 Å². The van der Waals surface area contributed by atoms with E-state index in [-0.39, 0.29) is 29.8 Å². The minimum absolute atomic E-state index is 0.0268. The molecule has 3 rings (SSSR count). The summed E-state index contributed by atoms with van der Waals surface area (Å²) in [4.78, 5) is 34.4. The Labute approximate surface area is 201 Å². The van der Waals surface area contributed by atoms with E-state index in [0.717, 1.165) is 37.7 Å². The van der Waals surface area contributed by atoms with Gasteiger partial charge in [-0.2, -0.15) is 4.98 Å². The summed E-state index contributed by atoms with van der Waals surface area (Å²) in [5, 5.41) is 4.72. The van der Waals surface area contributed by atoms with Crippen LogP contribution < -0.4 is 0 Å². The molecule has 33 heavy (non-hydrogen) atoms. The Hall–Kier alpha value is -2.41. The summed E-state index contributed by atoms with van der Waals surface area (Å²) in [5.74, 6) is 0.842. The van der Waals surface area contributed by atoms with Crippen molar-refractivity contribution in [2.24, 2.45) is 5.41 Å². The van der Waals surface area contributed by atoms with Crippen molar-refractivity contribution in [2.45, 2.75) is 72.3 Å². The molecule has 0 bridgehead atoms. The SMILES string of the molecule is CCCCN(CC(=O)N1CCCCC1c1nc(-c2cccc(Cl)c2)no1)C(=O)CC(C)(C)C. The summed E-state index contributed by atoms with van der Waals surface area (Å²) < 4.78 is 5.58. The number of piperidine rings is 1. The van der Waals surface area contributed by atoms with Gasteiger partial charge in [0.25, 0.3) is 0 Å². The van der Waals surface area contributed by atoms with Crippen LogP contribution in [0.5, 0.6) is 0 Å². The molecule has 2 aromatic rings. The zero-order chi connectivity index (χ0) is 24.0. The molecular weight excluding hydrogens is 440 g/mol. The third-order valence-electron chi connectivity index (χ3n) is 5.77. The number of likely N-dealkylation sites (tertiary alicyclic amines) is 1. The van der Waals surface area contributed by atoms with Gasteiger partial charge in [-0.05, 0) is 43.2 Å². The molecule has 1 unspecified atom stereocenters. The van der Waals surface area contributed by atoms with E-state index in [1.807, 2.05) is 37.8 Å². The molecule has 0 spiro atoms. The zero-order valence-electron chi connectivity index (χ0n) is 20.1. The van der Waals surface area contributed by atoms with Gasteiger partial charge in [-0.15, -0.1) is 0 Å². The molecule has 2 amide bonds. The molecule has 1 atom stereocenters. The first-order valence-corrected chi connectivity index (χ1v) is 12.2. The van der Waals surface area contributed by atoms with Crippen molar-refractivity contribution in [1.82, 2.24) is 19.9 Å². The van der Waals surface area contributed by atoms with Crippen LogP contribution in [0.3, 0.4) is 0 Å². The second kappa shape index (κ2) is 11.1. The van der Waals surface area contributed by atoms with Crippen molar-refractivity contribution in [3.05, 3.63) is 35.2 Å². The quantitative estimate of drug-likeness (QED) is 0.504. The molecule has 0 radical (unpaired) electrons. The first-order chi connectivity index (χ1) is 15.7. The predicted octanol–water partition coefficient (Wildman–Crippen LogP) is 5.51. The Morgan fingerprint density at radius 2 is 2.06 bits per heavy atom. The smallest absolute Gasteiger partial charge is 0.249 e. The van der Waals surface area contributed by atoms with E-state index in [1.54, 1.807) is 17.0 Å². The molecule has 1 aliphatic rings. The second-order valence-corrected chi connectivity index (χ2v) is 10.4. The number of rotatable bonds is 8. The summed E-state index contributed by atoms with van der Waals surface area (Å²) in [7, 11) is 0. The lowest BCUT2D eigenvalue weighted by molar-refractivity contribution is -0.144. The molecule has 0 saturated carbocycles. The minimum atomic E-state index is -0.280. The highest BCUT2D eigenvalue weighted by Crippen LogP contribution is 2.32. The fourth-order valence-corrected chi connectivity index (χ4v) is 4.25. The summed E-state index contributed by atoms with van der Waals surface area (Å²) in [6.07, 6.45) is 4.91. The van der Waals surface area contributed by atoms with Gasteiger partial charge >= 0.3 is 0 Å². The van der Waals surface area contributed by atoms with Crippen LogP contribution in [0.2, 0.25) is 5.02 Å². The van der Waals surface area contributed by atoms with Gasteiger partial charge in [0.15, 0.2) is 0 Å². The Bertz CT molecular complexity index is 953. The molecule has 0 aliphatic carbocycles. The van der Waals surface area contributed by atoms with Gasteiger partial charge in [0.05, 0.1) is 6.54 Å². The number of hydrogen-bond acceptors (Lipinski definition) is 5. The third-order valence-corrected chi connectivity index (χ3v) is 6.01. The number of halogens is 1. The van der Waals surface area contributed by atoms with E-state index in [4.69, 9.17) is 16.1 Å². The number of hydrogen-bond donors (Lipinski definition) is 0. The average Bonchev–Trinajstić information content (AvgIpc) is 3.25. The van der Waals surface area contributed by atoms with E-state index in [2.05, 4.69) is 17.1 Å². The predicted molar refractivity (Wildman–Crippen MR) is 129 cm³/mol. The molecule has 1 fully saturated rings. The van der Waals surface area contributed by atoms with E-state index in [9.17, 15) is 9.59 Å². The van der Waals surface area contributed by atoms with Gasteiger partial charge in [-0.1, -0.05) is 63.0 Å². The number of nitrogens with zero attached hydrogens (tertiary/aromatic N) is 4. The second-order valence-electron chi connectivity index (χ2n) is 9.97. The lowest BCUT2D eigenvalue weighted by atomic mass is 9.91. The average molecular weight is 475 g/mol. The fraction of sp³-hybridized carbons (Fsp3) is 0.600. The highest BCUT2D eigenvalue weighted by molar-refractivity contribution is 6.30. The van der Waals surface area contributed by atoms with Crippen LogP contribution in [0.15, 0.2) is 28.8 Å². The topological polar surface area (TPSA) is 79.5 Å². The molecular formula is C25H35ClN4O3. The summed E-state index contributed by atoms with van der Waals surface area (Å²) >= 11 is 6.09. The van der Waals surface area contributed by atoms with E-state index >= 15 is 0 Å². The van der Waals surface area contributed by atoms with Crippen molar-refractivity contribution in [2.75, 3.05) is 19.6 Å². The summed E-state index contributed by atoms with van der Waals surface area (Å²) in [6, 6.07) is 7.00. The number of carbonyl (C=O) groups is 2. The molecule has 180 valence electrons. The van der Waals surface area contributed by atoms with Crippen molar-refractivity contribution in [1.29, 1.82) is 0 Å². The van der Waals surface area contributed by atoms with E-state index in [0.29, 0.717) is 36.2 Å². The first kappa shape index (κ1) is 25.2. The number of amides is 2. The Balaban J connectivity index is 1.75. The molecule has 1 aromatic carbocycles. The van der Waals surface area contributed by atoms with Crippen molar-refractivity contribution < 1.29 is 14.1 Å². The number of aromatic nitrogens is 2. The third kappa shape index (κ3) is 7.03. The van der Waals surface area contributed by atoms with Crippen molar-refractivity contribution in [3.63, 3.8) is 0 Å². The van der Waals surface area contributed by atoms with E-state index < -0.39 is 0 Å². The van der Waals surface area contributed by atoms with Crippen LogP contribution in [-0.2, 0) is 9.59 Å². The Morgan fingerprint density at radius 1 is 1.27 bits per heavy atom. The molecule has 1 aliphatic heterocycles. The number of benzene rings is 1. The molecule has 2 heterocycles. The lowest BCUT2D eigenvalue weighted by Crippen LogP contribution is -2.46. The molecule has 1 saturated heterocycles. The standard InChI is InChI=1S/C25H35ClN4O3/c1-5-6-13-29(21(31)16-25(2,3)4)17-22(32)30-14-8-7-12-20(30)24-27-23(28-33-24)18-10-9-11-19(26)15-18/h9-11,15,20H,5-8,12-14,16-17H2,1-4H3. The maximum Gasteiger partial charge on any atom is 0.249 e. The highest BCUT2D eigenvalue weighted by atomic mass is 35.5. The molecule has 0 N–H and O–H groups in total. The van der Waals surface area contributed by atoms with Crippen molar-refractivity contribution in [3.8, 4) is 11.4 Å². The maximum absolute atomic E-state index is 13.4. The molecule has 8 heteroatoms. The van der Waals surface area contributed by atoms with Gasteiger partial charge in [0.2, 0.25) is 23.5 Å². The lowest BCUT2D eigenvalue weighted by Gasteiger charge is -2.35. The minimum Gasteiger partial charge on any atom is -0.337 e. The largest absolute Gasteiger partial charge is 0.337 e. The van der Waals surface area contributed by atoms with Gasteiger partial charge in [-0.25, -0.2) is 0 Å². The van der Waals surface area contributed by atoms with Gasteiger partial charge < -0.3 is 14.3 Å². The van der Waals surface area contributed by atoms with Crippen LogP contribution in [0.1, 0.15) is 78.2 Å². The monoisotopic (exact) mass is 474 g/mol. The van der Waals surface area contributed by atoms with Gasteiger partial charge in [-0.3, -0.25) is 9.59 Å².